The second-order valence-corrected chi connectivity index (χ2v) is 18.6. The van der Waals surface area contributed by atoms with E-state index in [0.29, 0.717) is 5.92 Å². The van der Waals surface area contributed by atoms with Crippen molar-refractivity contribution in [2.75, 3.05) is 9.80 Å². The smallest absolute Gasteiger partial charge is 0.0727 e. The van der Waals surface area contributed by atoms with Crippen molar-refractivity contribution in [2.45, 2.75) is 43.4 Å². The molecule has 1 unspecified atom stereocenters. The molecule has 1 saturated carbocycles. The third-order valence-corrected chi connectivity index (χ3v) is 15.0. The molecule has 67 heavy (non-hydrogen) atoms. The van der Waals surface area contributed by atoms with Crippen molar-refractivity contribution in [1.29, 1.82) is 0 Å². The van der Waals surface area contributed by atoms with Crippen molar-refractivity contribution in [2.24, 2.45) is 0 Å². The molecule has 0 N–H and O–H groups in total. The molecular formula is C65H50N2. The molecule has 0 heterocycles. The van der Waals surface area contributed by atoms with Gasteiger partial charge in [-0.05, 0) is 164 Å². The van der Waals surface area contributed by atoms with E-state index < -0.39 is 5.41 Å². The lowest BCUT2D eigenvalue weighted by atomic mass is 9.70. The quantitative estimate of drug-likeness (QED) is 0.150. The number of hydrogen-bond acceptors (Lipinski definition) is 2. The van der Waals surface area contributed by atoms with Crippen molar-refractivity contribution < 1.29 is 0 Å². The van der Waals surface area contributed by atoms with Crippen LogP contribution in [0.3, 0.4) is 0 Å². The molecule has 2 heteroatoms. The third-order valence-electron chi connectivity index (χ3n) is 15.0. The van der Waals surface area contributed by atoms with Crippen LogP contribution in [0.2, 0.25) is 0 Å². The Bertz CT molecular complexity index is 3430. The van der Waals surface area contributed by atoms with Gasteiger partial charge in [-0.1, -0.05) is 183 Å². The van der Waals surface area contributed by atoms with E-state index in [1.165, 1.54) is 110 Å². The van der Waals surface area contributed by atoms with Crippen LogP contribution in [0, 0.1) is 0 Å². The summed E-state index contributed by atoms with van der Waals surface area (Å²) in [6.07, 6.45) is 6.61. The number of rotatable bonds is 8. The lowest BCUT2D eigenvalue weighted by Crippen LogP contribution is -2.26. The molecule has 1 atom stereocenters. The highest BCUT2D eigenvalue weighted by Crippen LogP contribution is 2.64. The van der Waals surface area contributed by atoms with E-state index in [0.717, 1.165) is 28.4 Å². The molecule has 10 aromatic carbocycles. The van der Waals surface area contributed by atoms with Crippen LogP contribution in [0.1, 0.15) is 65.8 Å². The number of nitrogens with zero attached hydrogens (tertiary/aromatic N) is 2. The Morgan fingerprint density at radius 3 is 1.36 bits per heavy atom. The van der Waals surface area contributed by atoms with E-state index in [2.05, 4.69) is 246 Å². The summed E-state index contributed by atoms with van der Waals surface area (Å²) in [4.78, 5) is 4.91. The molecule has 13 rings (SSSR count). The fraction of sp³-hybridized carbons (Fsp3) is 0.108. The molecule has 2 nitrogen and oxygen atoms in total. The molecule has 0 bridgehead atoms. The summed E-state index contributed by atoms with van der Waals surface area (Å²) in [5.41, 5.74) is 20.7. The van der Waals surface area contributed by atoms with Crippen LogP contribution in [0.5, 0.6) is 0 Å². The van der Waals surface area contributed by atoms with Crippen LogP contribution in [0.25, 0.3) is 44.2 Å². The van der Waals surface area contributed by atoms with Gasteiger partial charge in [0.2, 0.25) is 0 Å². The number of para-hydroxylation sites is 2. The number of hydrogen-bond donors (Lipinski definition) is 0. The van der Waals surface area contributed by atoms with Gasteiger partial charge in [-0.2, -0.15) is 0 Å². The SMILES string of the molecule is c1ccc(-c2cccc3ccc(N(c4ccccc4)c4ccc5c(c4)C4(c6ccccc6-c6ccc(N(c7ccccc7)c7ccc(C8CCCCC8)cc7)cc64)c4ccccc4-5)cc23)cc1. The van der Waals surface area contributed by atoms with Gasteiger partial charge in [-0.15, -0.1) is 0 Å². The standard InChI is InChI=1S/C65H50N2/c1-5-18-45(19-6-1)46-32-35-51(36-33-46)66(49-23-9-3-10-24-49)53-38-40-58-56-27-13-15-30-61(56)65(63(58)43-53)62-31-16-14-28-57(62)59-41-39-54(44-64(59)65)67(50-25-11-4-12-26-50)52-37-34-48-22-17-29-55(60(48)42-52)47-20-7-2-8-21-47/h2-4,7-17,20-45H,1,5-6,18-19H2. The second kappa shape index (κ2) is 16.2. The Balaban J connectivity index is 1.02. The first-order valence-corrected chi connectivity index (χ1v) is 24.1. The lowest BCUT2D eigenvalue weighted by Gasteiger charge is -2.33. The van der Waals surface area contributed by atoms with Crippen LogP contribution in [-0.2, 0) is 5.41 Å². The zero-order chi connectivity index (χ0) is 44.3. The lowest BCUT2D eigenvalue weighted by molar-refractivity contribution is 0.443. The molecule has 1 fully saturated rings. The van der Waals surface area contributed by atoms with Crippen molar-refractivity contribution in [3.8, 4) is 33.4 Å². The van der Waals surface area contributed by atoms with E-state index in [9.17, 15) is 0 Å². The molecule has 3 aliphatic rings. The van der Waals surface area contributed by atoms with Gasteiger partial charge in [0.05, 0.1) is 5.41 Å². The van der Waals surface area contributed by atoms with E-state index in [1.807, 2.05) is 0 Å². The average Bonchev–Trinajstić information content (AvgIpc) is 3.87. The van der Waals surface area contributed by atoms with Crippen LogP contribution in [0.15, 0.2) is 237 Å². The zero-order valence-corrected chi connectivity index (χ0v) is 37.5. The number of anilines is 6. The summed E-state index contributed by atoms with van der Waals surface area (Å²) in [6, 6.07) is 88.5. The van der Waals surface area contributed by atoms with E-state index in [-0.39, 0.29) is 0 Å². The van der Waals surface area contributed by atoms with Crippen LogP contribution in [-0.4, -0.2) is 0 Å². The normalized spacial score (nSPS) is 15.8. The van der Waals surface area contributed by atoms with E-state index in [1.54, 1.807) is 0 Å². The van der Waals surface area contributed by atoms with Gasteiger partial charge >= 0.3 is 0 Å². The fourth-order valence-corrected chi connectivity index (χ4v) is 12.0. The Hall–Kier alpha value is -7.94. The first-order valence-electron chi connectivity index (χ1n) is 24.1. The molecule has 0 radical (unpaired) electrons. The van der Waals surface area contributed by atoms with Crippen molar-refractivity contribution in [1.82, 2.24) is 0 Å². The molecular weight excluding hydrogens is 809 g/mol. The van der Waals surface area contributed by atoms with Crippen LogP contribution in [0.4, 0.5) is 34.1 Å². The Kier molecular flexibility index (Phi) is 9.53. The average molecular weight is 859 g/mol. The molecule has 0 amide bonds. The summed E-state index contributed by atoms with van der Waals surface area (Å²) in [5, 5.41) is 2.45. The first kappa shape index (κ1) is 39.4. The maximum Gasteiger partial charge on any atom is 0.0727 e. The van der Waals surface area contributed by atoms with Gasteiger partial charge in [-0.25, -0.2) is 0 Å². The number of benzene rings is 10. The molecule has 0 aromatic heterocycles. The largest absolute Gasteiger partial charge is 0.310 e. The minimum absolute atomic E-state index is 0.552. The fourth-order valence-electron chi connectivity index (χ4n) is 12.0. The Labute approximate surface area is 394 Å². The molecule has 10 aromatic rings. The summed E-state index contributed by atoms with van der Waals surface area (Å²) < 4.78 is 0. The molecule has 0 aliphatic heterocycles. The topological polar surface area (TPSA) is 6.48 Å². The van der Waals surface area contributed by atoms with Crippen LogP contribution >= 0.6 is 0 Å². The van der Waals surface area contributed by atoms with Gasteiger partial charge in [0, 0.05) is 34.1 Å². The van der Waals surface area contributed by atoms with E-state index >= 15 is 0 Å². The van der Waals surface area contributed by atoms with Crippen molar-refractivity contribution in [3.05, 3.63) is 264 Å². The third kappa shape index (κ3) is 6.38. The van der Waals surface area contributed by atoms with Gasteiger partial charge in [-0.3, -0.25) is 0 Å². The molecule has 320 valence electrons. The van der Waals surface area contributed by atoms with Crippen molar-refractivity contribution in [3.63, 3.8) is 0 Å². The second-order valence-electron chi connectivity index (χ2n) is 18.6. The molecule has 1 spiro atoms. The highest BCUT2D eigenvalue weighted by Gasteiger charge is 2.52. The maximum absolute atomic E-state index is 2.51. The minimum Gasteiger partial charge on any atom is -0.310 e. The van der Waals surface area contributed by atoms with Crippen molar-refractivity contribution >= 4 is 44.9 Å². The Morgan fingerprint density at radius 2 is 0.761 bits per heavy atom. The zero-order valence-electron chi connectivity index (χ0n) is 37.5. The van der Waals surface area contributed by atoms with Crippen LogP contribution < -0.4 is 9.80 Å². The summed E-state index contributed by atoms with van der Waals surface area (Å²) >= 11 is 0. The maximum atomic E-state index is 2.51. The van der Waals surface area contributed by atoms with E-state index in [4.69, 9.17) is 0 Å². The molecule has 3 aliphatic carbocycles. The van der Waals surface area contributed by atoms with Gasteiger partial charge in [0.15, 0.2) is 0 Å². The predicted octanol–water partition coefficient (Wildman–Crippen LogP) is 17.8. The molecule has 0 saturated heterocycles. The predicted molar refractivity (Wildman–Crippen MR) is 281 cm³/mol. The van der Waals surface area contributed by atoms with Gasteiger partial charge in [0.25, 0.3) is 0 Å². The number of fused-ring (bicyclic) bond motifs is 11. The minimum atomic E-state index is -0.552. The summed E-state index contributed by atoms with van der Waals surface area (Å²) in [6.45, 7) is 0. The monoisotopic (exact) mass is 858 g/mol. The van der Waals surface area contributed by atoms with Gasteiger partial charge in [0.1, 0.15) is 0 Å². The highest BCUT2D eigenvalue weighted by atomic mass is 15.1. The first-order chi connectivity index (χ1) is 33.2. The summed E-state index contributed by atoms with van der Waals surface area (Å²) in [7, 11) is 0. The highest BCUT2D eigenvalue weighted by molar-refractivity contribution is 6.01. The van der Waals surface area contributed by atoms with Gasteiger partial charge < -0.3 is 9.80 Å². The Morgan fingerprint density at radius 1 is 0.313 bits per heavy atom. The summed E-state index contributed by atoms with van der Waals surface area (Å²) in [5.74, 6) is 0.657.